The molecule has 0 aliphatic heterocycles. The molecule has 0 rings (SSSR count). The number of hydrogen-bond acceptors (Lipinski definition) is 5. The van der Waals surface area contributed by atoms with Crippen LogP contribution >= 0.6 is 0 Å². The fraction of sp³-hybridized carbons (Fsp3) is 0.714. The summed E-state index contributed by atoms with van der Waals surface area (Å²) in [6.07, 6.45) is 0. The van der Waals surface area contributed by atoms with Crippen molar-refractivity contribution in [2.75, 3.05) is 13.3 Å². The Bertz CT molecular complexity index is 167. The van der Waals surface area contributed by atoms with Crippen LogP contribution in [-0.4, -0.2) is 25.3 Å². The SMILES string of the molecule is CC(C)C(=O)OCOC(=O)CN. The van der Waals surface area contributed by atoms with Gasteiger partial charge in [-0.25, -0.2) is 0 Å². The second-order valence-electron chi connectivity index (χ2n) is 2.46. The van der Waals surface area contributed by atoms with Crippen LogP contribution in [-0.2, 0) is 19.1 Å². The molecular formula is C7H13NO4. The molecule has 0 radical (unpaired) electrons. The van der Waals surface area contributed by atoms with E-state index in [1.54, 1.807) is 13.8 Å². The largest absolute Gasteiger partial charge is 0.428 e. The normalized spacial score (nSPS) is 9.67. The van der Waals surface area contributed by atoms with Gasteiger partial charge in [-0.15, -0.1) is 0 Å². The molecule has 0 spiro atoms. The van der Waals surface area contributed by atoms with Gasteiger partial charge in [-0.1, -0.05) is 13.8 Å². The maximum absolute atomic E-state index is 10.8. The maximum atomic E-state index is 10.8. The van der Waals surface area contributed by atoms with Gasteiger partial charge in [-0.3, -0.25) is 9.59 Å². The minimum atomic E-state index is -0.591. The van der Waals surface area contributed by atoms with Gasteiger partial charge in [-0.05, 0) is 0 Å². The Labute approximate surface area is 70.8 Å². The molecule has 70 valence electrons. The predicted octanol–water partition coefficient (Wildman–Crippen LogP) is -0.355. The van der Waals surface area contributed by atoms with Crippen molar-refractivity contribution < 1.29 is 19.1 Å². The van der Waals surface area contributed by atoms with Gasteiger partial charge in [-0.2, -0.15) is 0 Å². The van der Waals surface area contributed by atoms with Crippen molar-refractivity contribution in [1.82, 2.24) is 0 Å². The zero-order chi connectivity index (χ0) is 9.56. The Morgan fingerprint density at radius 2 is 1.92 bits per heavy atom. The molecule has 0 fully saturated rings. The summed E-state index contributed by atoms with van der Waals surface area (Å²) in [6.45, 7) is 2.81. The number of rotatable bonds is 4. The van der Waals surface area contributed by atoms with Crippen molar-refractivity contribution in [2.45, 2.75) is 13.8 Å². The van der Waals surface area contributed by atoms with Crippen LogP contribution in [0.2, 0.25) is 0 Å². The van der Waals surface area contributed by atoms with Gasteiger partial charge in [0.05, 0.1) is 12.5 Å². The average molecular weight is 175 g/mol. The maximum Gasteiger partial charge on any atom is 0.322 e. The molecule has 0 amide bonds. The van der Waals surface area contributed by atoms with E-state index in [2.05, 4.69) is 9.47 Å². The van der Waals surface area contributed by atoms with Gasteiger partial charge in [0.25, 0.3) is 0 Å². The zero-order valence-corrected chi connectivity index (χ0v) is 7.20. The first-order valence-electron chi connectivity index (χ1n) is 3.60. The molecule has 0 bridgehead atoms. The molecule has 0 aromatic rings. The summed E-state index contributed by atoms with van der Waals surface area (Å²) in [5.74, 6) is -1.21. The fourth-order valence-corrected chi connectivity index (χ4v) is 0.379. The van der Waals surface area contributed by atoms with Crippen molar-refractivity contribution in [3.8, 4) is 0 Å². The molecule has 12 heavy (non-hydrogen) atoms. The summed E-state index contributed by atoms with van der Waals surface area (Å²) in [7, 11) is 0. The van der Waals surface area contributed by atoms with Crippen LogP contribution in [0.15, 0.2) is 0 Å². The van der Waals surface area contributed by atoms with Gasteiger partial charge in [0.15, 0.2) is 0 Å². The number of nitrogens with two attached hydrogens (primary N) is 1. The summed E-state index contributed by atoms with van der Waals surface area (Å²) >= 11 is 0. The molecule has 2 N–H and O–H groups in total. The van der Waals surface area contributed by atoms with Crippen LogP contribution in [0.3, 0.4) is 0 Å². The predicted molar refractivity (Wildman–Crippen MR) is 40.9 cm³/mol. The molecule has 0 heterocycles. The Morgan fingerprint density at radius 1 is 1.33 bits per heavy atom. The van der Waals surface area contributed by atoms with Gasteiger partial charge >= 0.3 is 11.9 Å². The van der Waals surface area contributed by atoms with E-state index < -0.39 is 11.9 Å². The molecule has 0 aromatic carbocycles. The molecule has 0 unspecified atom stereocenters. The molecule has 5 heteroatoms. The number of ether oxygens (including phenoxy) is 2. The Kier molecular flexibility index (Phi) is 5.03. The van der Waals surface area contributed by atoms with E-state index in [-0.39, 0.29) is 19.3 Å². The van der Waals surface area contributed by atoms with E-state index in [4.69, 9.17) is 5.73 Å². The van der Waals surface area contributed by atoms with Crippen LogP contribution in [0.25, 0.3) is 0 Å². The van der Waals surface area contributed by atoms with Crippen LogP contribution in [0.5, 0.6) is 0 Å². The zero-order valence-electron chi connectivity index (χ0n) is 7.20. The van der Waals surface area contributed by atoms with E-state index in [0.717, 1.165) is 0 Å². The monoisotopic (exact) mass is 175 g/mol. The third-order valence-corrected chi connectivity index (χ3v) is 1.06. The van der Waals surface area contributed by atoms with Crippen molar-refractivity contribution in [1.29, 1.82) is 0 Å². The van der Waals surface area contributed by atoms with E-state index >= 15 is 0 Å². The topological polar surface area (TPSA) is 78.6 Å². The Hall–Kier alpha value is -1.10. The summed E-state index contributed by atoms with van der Waals surface area (Å²) in [5.41, 5.74) is 4.93. The van der Waals surface area contributed by atoms with Crippen LogP contribution in [0.1, 0.15) is 13.8 Å². The van der Waals surface area contributed by atoms with Gasteiger partial charge in [0.1, 0.15) is 0 Å². The molecule has 0 aromatic heterocycles. The van der Waals surface area contributed by atoms with Gasteiger partial charge in [0.2, 0.25) is 6.79 Å². The second-order valence-corrected chi connectivity index (χ2v) is 2.46. The third kappa shape index (κ3) is 4.68. The lowest BCUT2D eigenvalue weighted by Gasteiger charge is -2.06. The Balaban J connectivity index is 3.44. The molecule has 0 atom stereocenters. The van der Waals surface area contributed by atoms with E-state index in [1.165, 1.54) is 0 Å². The number of hydrogen-bond donors (Lipinski definition) is 1. The van der Waals surface area contributed by atoms with Crippen molar-refractivity contribution in [3.05, 3.63) is 0 Å². The average Bonchev–Trinajstić information content (AvgIpc) is 2.03. The smallest absolute Gasteiger partial charge is 0.322 e. The highest BCUT2D eigenvalue weighted by Gasteiger charge is 2.08. The number of carbonyl (C=O) groups is 2. The van der Waals surface area contributed by atoms with Gasteiger partial charge in [0, 0.05) is 0 Å². The summed E-state index contributed by atoms with van der Waals surface area (Å²) < 4.78 is 8.94. The van der Waals surface area contributed by atoms with Gasteiger partial charge < -0.3 is 15.2 Å². The number of esters is 2. The van der Waals surface area contributed by atoms with Crippen molar-refractivity contribution in [3.63, 3.8) is 0 Å². The molecule has 0 aliphatic rings. The molecule has 0 saturated carbocycles. The molecular weight excluding hydrogens is 162 g/mol. The van der Waals surface area contributed by atoms with E-state index in [0.29, 0.717) is 0 Å². The first kappa shape index (κ1) is 10.9. The highest BCUT2D eigenvalue weighted by Crippen LogP contribution is 1.95. The molecule has 0 aliphatic carbocycles. The minimum absolute atomic E-state index is 0.209. The van der Waals surface area contributed by atoms with Crippen LogP contribution in [0.4, 0.5) is 0 Å². The lowest BCUT2D eigenvalue weighted by atomic mass is 10.2. The third-order valence-electron chi connectivity index (χ3n) is 1.06. The van der Waals surface area contributed by atoms with Crippen molar-refractivity contribution in [2.24, 2.45) is 11.7 Å². The summed E-state index contributed by atoms with van der Waals surface area (Å²) in [4.78, 5) is 21.2. The fourth-order valence-electron chi connectivity index (χ4n) is 0.379. The minimum Gasteiger partial charge on any atom is -0.428 e. The van der Waals surface area contributed by atoms with Crippen molar-refractivity contribution >= 4 is 11.9 Å². The van der Waals surface area contributed by atoms with E-state index in [1.807, 2.05) is 0 Å². The van der Waals surface area contributed by atoms with E-state index in [9.17, 15) is 9.59 Å². The highest BCUT2D eigenvalue weighted by atomic mass is 16.7. The second kappa shape index (κ2) is 5.54. The lowest BCUT2D eigenvalue weighted by molar-refractivity contribution is -0.168. The first-order valence-corrected chi connectivity index (χ1v) is 3.60. The molecule has 5 nitrogen and oxygen atoms in total. The Morgan fingerprint density at radius 3 is 2.33 bits per heavy atom. The summed E-state index contributed by atoms with van der Waals surface area (Å²) in [6, 6.07) is 0. The summed E-state index contributed by atoms with van der Waals surface area (Å²) in [5, 5.41) is 0. The highest BCUT2D eigenvalue weighted by molar-refractivity contribution is 5.73. The quantitative estimate of drug-likeness (QED) is 0.466. The standard InChI is InChI=1S/C7H13NO4/c1-5(2)7(10)12-4-11-6(9)3-8/h5H,3-4,8H2,1-2H3. The van der Waals surface area contributed by atoms with Crippen LogP contribution < -0.4 is 5.73 Å². The molecule has 0 saturated heterocycles. The first-order chi connectivity index (χ1) is 5.57. The number of carbonyl (C=O) groups excluding carboxylic acids is 2. The van der Waals surface area contributed by atoms with Crippen LogP contribution in [0, 0.1) is 5.92 Å². The lowest BCUT2D eigenvalue weighted by Crippen LogP contribution is -2.21.